The maximum atomic E-state index is 10.7. The summed E-state index contributed by atoms with van der Waals surface area (Å²) in [5, 5.41) is 0. The van der Waals surface area contributed by atoms with E-state index in [4.69, 9.17) is 9.47 Å². The smallest absolute Gasteiger partial charge is 0.539 e. The Kier molecular flexibility index (Phi) is 4.80. The van der Waals surface area contributed by atoms with Gasteiger partial charge in [-0.05, 0) is 25.5 Å². The van der Waals surface area contributed by atoms with Crippen LogP contribution in [0.3, 0.4) is 0 Å². The van der Waals surface area contributed by atoms with E-state index in [1.807, 2.05) is 36.6 Å². The number of carbonyl (C=O) groups excluding carboxylic acids is 1. The second kappa shape index (κ2) is 5.50. The van der Waals surface area contributed by atoms with Gasteiger partial charge in [0.15, 0.2) is 5.79 Å². The molecule has 0 N–H and O–H groups in total. The van der Waals surface area contributed by atoms with Crippen molar-refractivity contribution in [3.05, 3.63) is 35.9 Å². The summed E-state index contributed by atoms with van der Waals surface area (Å²) in [7, 11) is 0. The number of ether oxygens (including phenoxy) is 2. The van der Waals surface area contributed by atoms with E-state index in [2.05, 4.69) is 0 Å². The minimum atomic E-state index is -0.720. The van der Waals surface area contributed by atoms with Crippen molar-refractivity contribution in [1.29, 1.82) is 0 Å². The Bertz CT molecular complexity index is 351. The molecule has 1 heterocycles. The van der Waals surface area contributed by atoms with Gasteiger partial charge in [0.2, 0.25) is 0 Å². The fourth-order valence-electron chi connectivity index (χ4n) is 1.73. The Morgan fingerprint density at radius 2 is 1.81 bits per heavy atom. The number of hydrogen-bond donors (Lipinski definition) is 0. The van der Waals surface area contributed by atoms with E-state index in [0.717, 1.165) is 5.56 Å². The zero-order valence-electron chi connectivity index (χ0n) is 9.34. The molecule has 16 heavy (non-hydrogen) atoms. The van der Waals surface area contributed by atoms with Gasteiger partial charge in [-0.2, -0.15) is 0 Å². The van der Waals surface area contributed by atoms with Crippen LogP contribution >= 0.6 is 0 Å². The number of hydrogen-bond acceptors (Lipinski definition) is 3. The third-order valence-corrected chi connectivity index (χ3v) is 2.34. The Morgan fingerprint density at radius 3 is 2.38 bits per heavy atom. The van der Waals surface area contributed by atoms with Gasteiger partial charge >= 0.3 is 32.7 Å². The topological polar surface area (TPSA) is 35.5 Å². The van der Waals surface area contributed by atoms with Crippen LogP contribution in [0.1, 0.15) is 25.5 Å². The second-order valence-electron chi connectivity index (χ2n) is 4.01. The minimum absolute atomic E-state index is 0. The Morgan fingerprint density at radius 1 is 1.19 bits per heavy atom. The average molecular weight is 294 g/mol. The molecule has 1 aromatic carbocycles. The molecule has 2 atom stereocenters. The van der Waals surface area contributed by atoms with E-state index in [1.165, 1.54) is 0 Å². The Labute approximate surface area is 120 Å². The monoisotopic (exact) mass is 294 g/mol. The van der Waals surface area contributed by atoms with Crippen molar-refractivity contribution in [2.24, 2.45) is 0 Å². The molecule has 0 bridgehead atoms. The molecule has 1 saturated heterocycles. The maximum Gasteiger partial charge on any atom is 3.00 e. The predicted octanol–water partition coefficient (Wildman–Crippen LogP) is 1.99. The van der Waals surface area contributed by atoms with Crippen LogP contribution in [0.2, 0.25) is 0 Å². The van der Waals surface area contributed by atoms with Gasteiger partial charge in [0.25, 0.3) is 0 Å². The summed E-state index contributed by atoms with van der Waals surface area (Å²) < 4.78 is 11.1. The van der Waals surface area contributed by atoms with Crippen LogP contribution in [0.5, 0.6) is 0 Å². The summed E-state index contributed by atoms with van der Waals surface area (Å²) in [5.74, 6) is -0.720. The minimum Gasteiger partial charge on any atom is -0.539 e. The standard InChI is InChI=1S/C12H13O3.Y/c1-12(2)14-10(8-13)11(15-12)9-6-4-3-5-7-9;/h3-7,10-11H,1-2H3;/q-1;+3. The first-order chi connectivity index (χ1) is 7.12. The van der Waals surface area contributed by atoms with Gasteiger partial charge < -0.3 is 14.3 Å². The van der Waals surface area contributed by atoms with Gasteiger partial charge in [-0.25, -0.2) is 6.29 Å². The molecule has 2 rings (SSSR count). The molecule has 4 heteroatoms. The summed E-state index contributed by atoms with van der Waals surface area (Å²) >= 11 is 0. The Balaban J connectivity index is 0.00000128. The molecule has 0 saturated carbocycles. The van der Waals surface area contributed by atoms with E-state index in [0.29, 0.717) is 0 Å². The van der Waals surface area contributed by atoms with Crippen molar-refractivity contribution in [3.8, 4) is 0 Å². The second-order valence-corrected chi connectivity index (χ2v) is 4.01. The van der Waals surface area contributed by atoms with Gasteiger partial charge in [0, 0.05) is 0 Å². The zero-order chi connectivity index (χ0) is 10.9. The molecule has 1 aliphatic rings. The molecule has 0 radical (unpaired) electrons. The first-order valence-electron chi connectivity index (χ1n) is 4.91. The maximum absolute atomic E-state index is 10.7. The first kappa shape index (κ1) is 14.0. The molecule has 0 aliphatic carbocycles. The quantitative estimate of drug-likeness (QED) is 0.783. The summed E-state index contributed by atoms with van der Waals surface area (Å²) in [6.45, 7) is 3.58. The molecule has 0 aromatic heterocycles. The molecule has 1 aliphatic heterocycles. The van der Waals surface area contributed by atoms with Gasteiger partial charge in [0.05, 0.1) is 6.10 Å². The number of benzene rings is 1. The van der Waals surface area contributed by atoms with Crippen molar-refractivity contribution >= 4 is 6.29 Å². The molecule has 3 nitrogen and oxygen atoms in total. The SMILES string of the molecule is CC1(C)OC([C-]=O)C(c2ccccc2)O1.[Y+3]. The molecule has 1 fully saturated rings. The molecular formula is C12H13O3Y+2. The van der Waals surface area contributed by atoms with Crippen molar-refractivity contribution < 1.29 is 47.0 Å². The van der Waals surface area contributed by atoms with Crippen molar-refractivity contribution in [3.63, 3.8) is 0 Å². The fourth-order valence-corrected chi connectivity index (χ4v) is 1.73. The van der Waals surface area contributed by atoms with E-state index in [9.17, 15) is 4.79 Å². The van der Waals surface area contributed by atoms with E-state index in [1.54, 1.807) is 13.8 Å². The normalized spacial score (nSPS) is 27.1. The Hall–Kier alpha value is -0.0861. The third kappa shape index (κ3) is 2.98. The molecule has 2 unspecified atom stereocenters. The van der Waals surface area contributed by atoms with Gasteiger partial charge in [0.1, 0.15) is 0 Å². The number of rotatable bonds is 2. The molecule has 80 valence electrons. The summed E-state index contributed by atoms with van der Waals surface area (Å²) in [6, 6.07) is 9.57. The van der Waals surface area contributed by atoms with E-state index in [-0.39, 0.29) is 38.8 Å². The van der Waals surface area contributed by atoms with Crippen molar-refractivity contribution in [1.82, 2.24) is 0 Å². The van der Waals surface area contributed by atoms with E-state index < -0.39 is 11.9 Å². The van der Waals surface area contributed by atoms with Crippen molar-refractivity contribution in [2.45, 2.75) is 31.8 Å². The van der Waals surface area contributed by atoms with Crippen LogP contribution in [-0.4, -0.2) is 18.2 Å². The largest absolute Gasteiger partial charge is 3.00 e. The first-order valence-corrected chi connectivity index (χ1v) is 4.91. The van der Waals surface area contributed by atoms with Crippen LogP contribution in [0.15, 0.2) is 30.3 Å². The summed E-state index contributed by atoms with van der Waals surface area (Å²) in [5.41, 5.74) is 0.941. The van der Waals surface area contributed by atoms with Crippen LogP contribution in [0.4, 0.5) is 0 Å². The molecule has 0 amide bonds. The molecule has 0 spiro atoms. The van der Waals surface area contributed by atoms with Crippen LogP contribution in [-0.2, 0) is 47.0 Å². The van der Waals surface area contributed by atoms with Crippen molar-refractivity contribution in [2.75, 3.05) is 0 Å². The predicted molar refractivity (Wildman–Crippen MR) is 54.9 cm³/mol. The zero-order valence-corrected chi connectivity index (χ0v) is 12.2. The van der Waals surface area contributed by atoms with Gasteiger partial charge in [-0.3, -0.25) is 0 Å². The fraction of sp³-hybridized carbons (Fsp3) is 0.417. The van der Waals surface area contributed by atoms with Crippen LogP contribution in [0.25, 0.3) is 0 Å². The summed E-state index contributed by atoms with van der Waals surface area (Å²) in [4.78, 5) is 10.7. The third-order valence-electron chi connectivity index (χ3n) is 2.34. The van der Waals surface area contributed by atoms with Gasteiger partial charge in [-0.1, -0.05) is 30.3 Å². The average Bonchev–Trinajstić information content (AvgIpc) is 2.55. The van der Waals surface area contributed by atoms with Gasteiger partial charge in [-0.15, -0.1) is 0 Å². The summed E-state index contributed by atoms with van der Waals surface area (Å²) in [6.07, 6.45) is 0.886. The van der Waals surface area contributed by atoms with Crippen LogP contribution in [0, 0.1) is 0 Å². The molecular weight excluding hydrogens is 281 g/mol. The van der Waals surface area contributed by atoms with Crippen LogP contribution < -0.4 is 0 Å². The molecule has 1 aromatic rings. The van der Waals surface area contributed by atoms with E-state index >= 15 is 0 Å².